The second-order valence-electron chi connectivity index (χ2n) is 7.35. The molecule has 24 heavy (non-hydrogen) atoms. The number of nitrogens with one attached hydrogen (secondary N) is 1. The van der Waals surface area contributed by atoms with Gasteiger partial charge in [0.05, 0.1) is 12.5 Å². The van der Waals surface area contributed by atoms with Gasteiger partial charge in [-0.05, 0) is 30.7 Å². The fraction of sp³-hybridized carbons (Fsp3) is 0.588. The first-order valence-electron chi connectivity index (χ1n) is 8.72. The highest BCUT2D eigenvalue weighted by Crippen LogP contribution is 2.33. The van der Waals surface area contributed by atoms with Crippen LogP contribution in [-0.2, 0) is 19.5 Å². The Hall–Kier alpha value is -2.15. The molecule has 0 spiro atoms. The average molecular weight is 327 g/mol. The minimum atomic E-state index is -0.0667. The maximum atomic E-state index is 12.3. The zero-order valence-corrected chi connectivity index (χ0v) is 13.5. The van der Waals surface area contributed by atoms with Gasteiger partial charge < -0.3 is 14.3 Å². The number of hydrogen-bond donors (Lipinski definition) is 1. The molecule has 1 saturated carbocycles. The van der Waals surface area contributed by atoms with E-state index < -0.39 is 0 Å². The largest absolute Gasteiger partial charge is 0.472 e. The first-order valence-corrected chi connectivity index (χ1v) is 8.72. The lowest BCUT2D eigenvalue weighted by Gasteiger charge is -2.25. The third-order valence-corrected chi connectivity index (χ3v) is 5.44. The van der Waals surface area contributed by atoms with Crippen molar-refractivity contribution in [1.82, 2.24) is 25.0 Å². The van der Waals surface area contributed by atoms with Crippen molar-refractivity contribution >= 4 is 5.91 Å². The van der Waals surface area contributed by atoms with Gasteiger partial charge in [-0.3, -0.25) is 9.69 Å². The Balaban J connectivity index is 1.30. The van der Waals surface area contributed by atoms with E-state index in [1.165, 1.54) is 5.56 Å². The van der Waals surface area contributed by atoms with E-state index in [0.717, 1.165) is 51.3 Å². The van der Waals surface area contributed by atoms with Crippen LogP contribution in [0.4, 0.5) is 0 Å². The van der Waals surface area contributed by atoms with Gasteiger partial charge in [-0.25, -0.2) is 0 Å². The summed E-state index contributed by atoms with van der Waals surface area (Å²) in [6.07, 6.45) is 6.62. The van der Waals surface area contributed by atoms with Gasteiger partial charge in [0.1, 0.15) is 5.82 Å². The fourth-order valence-corrected chi connectivity index (χ4v) is 4.04. The van der Waals surface area contributed by atoms with Crippen LogP contribution in [0.15, 0.2) is 23.0 Å². The van der Waals surface area contributed by atoms with Gasteiger partial charge in [-0.2, -0.15) is 0 Å². The molecule has 2 aromatic heterocycles. The van der Waals surface area contributed by atoms with E-state index in [4.69, 9.17) is 4.42 Å². The quantitative estimate of drug-likeness (QED) is 0.909. The molecule has 5 rings (SSSR count). The van der Waals surface area contributed by atoms with Crippen molar-refractivity contribution in [3.05, 3.63) is 35.8 Å². The maximum absolute atomic E-state index is 12.3. The molecule has 7 heteroatoms. The molecule has 2 atom stereocenters. The standard InChI is InChI=1S/C17H21N5O2/c23-17(18-14-1-2-14)16-20-19-15-5-12-7-21(6-11-3-4-24-10-11)8-13(12)9-22(15)16/h3-4,10,12-14H,1-2,5-9H2,(H,18,23)/t12-,13-/m0/s1. The molecule has 2 aromatic rings. The lowest BCUT2D eigenvalue weighted by atomic mass is 9.89. The molecule has 2 fully saturated rings. The van der Waals surface area contributed by atoms with Crippen LogP contribution >= 0.6 is 0 Å². The van der Waals surface area contributed by atoms with Crippen LogP contribution in [0.3, 0.4) is 0 Å². The van der Waals surface area contributed by atoms with Gasteiger partial charge in [-0.15, -0.1) is 10.2 Å². The van der Waals surface area contributed by atoms with E-state index in [1.54, 1.807) is 6.26 Å². The average Bonchev–Trinajstić information content (AvgIpc) is 2.99. The Bertz CT molecular complexity index is 749. The third-order valence-electron chi connectivity index (χ3n) is 5.44. The minimum Gasteiger partial charge on any atom is -0.472 e. The number of furan rings is 1. The van der Waals surface area contributed by atoms with Crippen LogP contribution in [0.2, 0.25) is 0 Å². The molecule has 0 radical (unpaired) electrons. The maximum Gasteiger partial charge on any atom is 0.289 e. The van der Waals surface area contributed by atoms with Crippen molar-refractivity contribution in [2.45, 2.75) is 38.4 Å². The number of carbonyl (C=O) groups is 1. The second-order valence-corrected chi connectivity index (χ2v) is 7.35. The van der Waals surface area contributed by atoms with Crippen molar-refractivity contribution in [1.29, 1.82) is 0 Å². The van der Waals surface area contributed by atoms with Crippen LogP contribution < -0.4 is 5.32 Å². The number of likely N-dealkylation sites (tertiary alicyclic amines) is 1. The number of hydrogen-bond acceptors (Lipinski definition) is 5. The number of nitrogens with zero attached hydrogens (tertiary/aromatic N) is 4. The van der Waals surface area contributed by atoms with Crippen molar-refractivity contribution < 1.29 is 9.21 Å². The van der Waals surface area contributed by atoms with Crippen molar-refractivity contribution in [2.24, 2.45) is 11.8 Å². The summed E-state index contributed by atoms with van der Waals surface area (Å²) in [7, 11) is 0. The summed E-state index contributed by atoms with van der Waals surface area (Å²) in [6.45, 7) is 3.91. The Morgan fingerprint density at radius 2 is 2.12 bits per heavy atom. The molecule has 1 amide bonds. The molecule has 0 unspecified atom stereocenters. The lowest BCUT2D eigenvalue weighted by Crippen LogP contribution is -2.33. The molecule has 126 valence electrons. The Kier molecular flexibility index (Phi) is 3.22. The van der Waals surface area contributed by atoms with Crippen molar-refractivity contribution in [3.63, 3.8) is 0 Å². The van der Waals surface area contributed by atoms with Crippen LogP contribution in [0.25, 0.3) is 0 Å². The van der Waals surface area contributed by atoms with Gasteiger partial charge in [0, 0.05) is 44.2 Å². The Morgan fingerprint density at radius 1 is 1.25 bits per heavy atom. The third kappa shape index (κ3) is 2.53. The zero-order valence-electron chi connectivity index (χ0n) is 13.5. The SMILES string of the molecule is O=C(NC1CC1)c1nnc2n1C[C@@H]1CN(Cc3ccoc3)C[C@@H]1C2. The first kappa shape index (κ1) is 14.2. The summed E-state index contributed by atoms with van der Waals surface area (Å²) >= 11 is 0. The molecular weight excluding hydrogens is 306 g/mol. The highest BCUT2D eigenvalue weighted by atomic mass is 16.3. The van der Waals surface area contributed by atoms with E-state index in [2.05, 4.69) is 20.4 Å². The first-order chi connectivity index (χ1) is 11.8. The van der Waals surface area contributed by atoms with E-state index in [-0.39, 0.29) is 5.91 Å². The van der Waals surface area contributed by atoms with E-state index in [1.807, 2.05) is 16.9 Å². The Morgan fingerprint density at radius 3 is 2.92 bits per heavy atom. The van der Waals surface area contributed by atoms with Gasteiger partial charge in [-0.1, -0.05) is 0 Å². The van der Waals surface area contributed by atoms with E-state index in [0.29, 0.717) is 23.7 Å². The topological polar surface area (TPSA) is 76.2 Å². The van der Waals surface area contributed by atoms with Crippen molar-refractivity contribution in [3.8, 4) is 0 Å². The molecule has 3 aliphatic rings. The van der Waals surface area contributed by atoms with Gasteiger partial charge in [0.25, 0.3) is 5.91 Å². The van der Waals surface area contributed by atoms with Crippen LogP contribution in [0.5, 0.6) is 0 Å². The summed E-state index contributed by atoms with van der Waals surface area (Å²) < 4.78 is 7.21. The molecular formula is C17H21N5O2. The molecule has 7 nitrogen and oxygen atoms in total. The second kappa shape index (κ2) is 5.44. The molecule has 2 aliphatic heterocycles. The molecule has 4 heterocycles. The van der Waals surface area contributed by atoms with Crippen molar-refractivity contribution in [2.75, 3.05) is 13.1 Å². The number of rotatable bonds is 4. The zero-order chi connectivity index (χ0) is 16.1. The number of carbonyl (C=O) groups excluding carboxylic acids is 1. The molecule has 1 N–H and O–H groups in total. The number of amides is 1. The smallest absolute Gasteiger partial charge is 0.289 e. The number of aromatic nitrogens is 3. The highest BCUT2D eigenvalue weighted by Gasteiger charge is 2.39. The predicted molar refractivity (Wildman–Crippen MR) is 85.2 cm³/mol. The molecule has 1 aliphatic carbocycles. The monoisotopic (exact) mass is 327 g/mol. The van der Waals surface area contributed by atoms with Crippen LogP contribution in [0.1, 0.15) is 34.8 Å². The predicted octanol–water partition coefficient (Wildman–Crippen LogP) is 1.07. The normalized spacial score (nSPS) is 26.2. The molecule has 1 saturated heterocycles. The van der Waals surface area contributed by atoms with Gasteiger partial charge >= 0.3 is 0 Å². The van der Waals surface area contributed by atoms with Crippen LogP contribution in [-0.4, -0.2) is 44.7 Å². The van der Waals surface area contributed by atoms with E-state index in [9.17, 15) is 4.79 Å². The minimum absolute atomic E-state index is 0.0667. The lowest BCUT2D eigenvalue weighted by molar-refractivity contribution is 0.0932. The highest BCUT2D eigenvalue weighted by molar-refractivity contribution is 5.91. The summed E-state index contributed by atoms with van der Waals surface area (Å²) in [5.41, 5.74) is 1.22. The fourth-order valence-electron chi connectivity index (χ4n) is 4.04. The molecule has 0 aromatic carbocycles. The van der Waals surface area contributed by atoms with Gasteiger partial charge in [0.2, 0.25) is 5.82 Å². The summed E-state index contributed by atoms with van der Waals surface area (Å²) in [5, 5.41) is 11.5. The summed E-state index contributed by atoms with van der Waals surface area (Å²) in [6, 6.07) is 2.37. The van der Waals surface area contributed by atoms with Crippen LogP contribution in [0, 0.1) is 11.8 Å². The summed E-state index contributed by atoms with van der Waals surface area (Å²) in [5.74, 6) is 2.55. The van der Waals surface area contributed by atoms with E-state index >= 15 is 0 Å². The van der Waals surface area contributed by atoms with Gasteiger partial charge in [0.15, 0.2) is 0 Å². The molecule has 0 bridgehead atoms. The Labute approximate surface area is 140 Å². The summed E-state index contributed by atoms with van der Waals surface area (Å²) in [4.78, 5) is 14.8. The number of fused-ring (bicyclic) bond motifs is 2.